The standard InChI is InChI=1S/C13H21N5O3/c19-10(3-18-11(20)1-2-12(18)21)14-13-4-15-7-16(5-13)9-17(6-13)8-15/h11,20H,1-9H2,(H,14,19). The van der Waals surface area contributed by atoms with Crippen LogP contribution in [-0.4, -0.2) is 94.5 Å². The van der Waals surface area contributed by atoms with E-state index in [-0.39, 0.29) is 23.9 Å². The molecule has 1 atom stereocenters. The Morgan fingerprint density at radius 1 is 1.19 bits per heavy atom. The van der Waals surface area contributed by atoms with E-state index < -0.39 is 6.23 Å². The molecule has 0 spiro atoms. The second-order valence-electron chi connectivity index (χ2n) is 6.78. The predicted molar refractivity (Wildman–Crippen MR) is 72.5 cm³/mol. The summed E-state index contributed by atoms with van der Waals surface area (Å²) in [6, 6.07) is 0. The fraction of sp³-hybridized carbons (Fsp3) is 0.846. The van der Waals surface area contributed by atoms with Crippen LogP contribution in [0.15, 0.2) is 0 Å². The maximum Gasteiger partial charge on any atom is 0.240 e. The monoisotopic (exact) mass is 295 g/mol. The normalized spacial score (nSPS) is 44.4. The quantitative estimate of drug-likeness (QED) is 0.604. The van der Waals surface area contributed by atoms with E-state index in [2.05, 4.69) is 20.0 Å². The Bertz CT molecular complexity index is 447. The highest BCUT2D eigenvalue weighted by Crippen LogP contribution is 2.28. The molecule has 5 aliphatic heterocycles. The van der Waals surface area contributed by atoms with Crippen molar-refractivity contribution in [1.29, 1.82) is 0 Å². The van der Waals surface area contributed by atoms with Crippen molar-refractivity contribution in [2.75, 3.05) is 46.2 Å². The zero-order chi connectivity index (χ0) is 14.6. The summed E-state index contributed by atoms with van der Waals surface area (Å²) in [5.41, 5.74) is -0.237. The van der Waals surface area contributed by atoms with Gasteiger partial charge in [0, 0.05) is 32.5 Å². The third-order valence-corrected chi connectivity index (χ3v) is 4.79. The summed E-state index contributed by atoms with van der Waals surface area (Å²) in [6.07, 6.45) is -0.0579. The lowest BCUT2D eigenvalue weighted by molar-refractivity contribution is -0.159. The highest BCUT2D eigenvalue weighted by atomic mass is 16.3. The van der Waals surface area contributed by atoms with E-state index >= 15 is 0 Å². The molecule has 8 heteroatoms. The molecule has 5 rings (SSSR count). The number of likely N-dealkylation sites (tertiary alicyclic amines) is 1. The summed E-state index contributed by atoms with van der Waals surface area (Å²) in [7, 11) is 0. The number of aliphatic hydroxyl groups is 1. The Balaban J connectivity index is 1.41. The zero-order valence-corrected chi connectivity index (χ0v) is 12.0. The van der Waals surface area contributed by atoms with E-state index in [1.807, 2.05) is 0 Å². The van der Waals surface area contributed by atoms with E-state index in [0.717, 1.165) is 39.6 Å². The van der Waals surface area contributed by atoms with Gasteiger partial charge in [0.2, 0.25) is 11.8 Å². The molecule has 2 N–H and O–H groups in total. The van der Waals surface area contributed by atoms with Crippen LogP contribution in [0.4, 0.5) is 0 Å². The molecule has 116 valence electrons. The smallest absolute Gasteiger partial charge is 0.240 e. The second kappa shape index (κ2) is 4.64. The van der Waals surface area contributed by atoms with Crippen molar-refractivity contribution in [1.82, 2.24) is 24.9 Å². The Morgan fingerprint density at radius 2 is 1.76 bits per heavy atom. The van der Waals surface area contributed by atoms with E-state index in [9.17, 15) is 14.7 Å². The van der Waals surface area contributed by atoms with Gasteiger partial charge in [0.25, 0.3) is 0 Å². The van der Waals surface area contributed by atoms with Gasteiger partial charge in [-0.3, -0.25) is 24.3 Å². The van der Waals surface area contributed by atoms with Gasteiger partial charge in [0.15, 0.2) is 0 Å². The molecule has 8 nitrogen and oxygen atoms in total. The number of carbonyl (C=O) groups excluding carboxylic acids is 2. The van der Waals surface area contributed by atoms with Gasteiger partial charge in [-0.05, 0) is 0 Å². The number of nitrogens with one attached hydrogen (secondary N) is 1. The second-order valence-corrected chi connectivity index (χ2v) is 6.78. The molecule has 0 saturated carbocycles. The molecule has 0 radical (unpaired) electrons. The molecule has 0 aromatic rings. The van der Waals surface area contributed by atoms with Crippen LogP contribution < -0.4 is 5.32 Å². The van der Waals surface area contributed by atoms with E-state index in [1.165, 1.54) is 4.90 Å². The molecular formula is C13H21N5O3. The van der Waals surface area contributed by atoms with Crippen LogP contribution in [0.25, 0.3) is 0 Å². The molecule has 5 aliphatic rings. The number of amides is 2. The zero-order valence-electron chi connectivity index (χ0n) is 12.0. The van der Waals surface area contributed by atoms with Crippen molar-refractivity contribution in [2.24, 2.45) is 0 Å². The van der Waals surface area contributed by atoms with Crippen LogP contribution in [-0.2, 0) is 9.59 Å². The Hall–Kier alpha value is -1.22. The molecule has 5 heterocycles. The highest BCUT2D eigenvalue weighted by molar-refractivity contribution is 5.86. The lowest BCUT2D eigenvalue weighted by atomic mass is 9.91. The largest absolute Gasteiger partial charge is 0.373 e. The summed E-state index contributed by atoms with van der Waals surface area (Å²) < 4.78 is 0. The van der Waals surface area contributed by atoms with Crippen LogP contribution in [0.2, 0.25) is 0 Å². The van der Waals surface area contributed by atoms with Gasteiger partial charge in [0.05, 0.1) is 25.5 Å². The van der Waals surface area contributed by atoms with Crippen molar-refractivity contribution in [3.8, 4) is 0 Å². The van der Waals surface area contributed by atoms with Gasteiger partial charge in [-0.1, -0.05) is 0 Å². The van der Waals surface area contributed by atoms with E-state index in [0.29, 0.717) is 12.8 Å². The Kier molecular flexibility index (Phi) is 2.97. The summed E-state index contributed by atoms with van der Waals surface area (Å²) in [4.78, 5) is 32.2. The average Bonchev–Trinajstić information content (AvgIpc) is 2.68. The summed E-state index contributed by atoms with van der Waals surface area (Å²) in [5, 5.41) is 12.9. The number of aliphatic hydroxyl groups excluding tert-OH is 1. The number of nitrogens with zero attached hydrogens (tertiary/aromatic N) is 4. The number of hydrogen-bond acceptors (Lipinski definition) is 6. The van der Waals surface area contributed by atoms with Crippen molar-refractivity contribution < 1.29 is 14.7 Å². The minimum atomic E-state index is -0.809. The summed E-state index contributed by atoms with van der Waals surface area (Å²) >= 11 is 0. The van der Waals surface area contributed by atoms with Gasteiger partial charge >= 0.3 is 0 Å². The minimum absolute atomic E-state index is 0.0399. The highest BCUT2D eigenvalue weighted by Gasteiger charge is 2.49. The third kappa shape index (κ3) is 2.32. The fourth-order valence-corrected chi connectivity index (χ4v) is 4.24. The fourth-order valence-electron chi connectivity index (χ4n) is 4.24. The lowest BCUT2D eigenvalue weighted by Crippen LogP contribution is -2.80. The minimum Gasteiger partial charge on any atom is -0.373 e. The van der Waals surface area contributed by atoms with Crippen molar-refractivity contribution in [2.45, 2.75) is 24.6 Å². The van der Waals surface area contributed by atoms with Crippen molar-refractivity contribution in [3.63, 3.8) is 0 Å². The van der Waals surface area contributed by atoms with Crippen LogP contribution >= 0.6 is 0 Å². The van der Waals surface area contributed by atoms with E-state index in [4.69, 9.17) is 0 Å². The molecule has 0 aromatic carbocycles. The molecule has 5 fully saturated rings. The molecule has 1 unspecified atom stereocenters. The SMILES string of the molecule is O=C(CN1C(=O)CCC1O)NC12CN3CN(CN(C3)C1)C2. The van der Waals surface area contributed by atoms with E-state index in [1.54, 1.807) is 0 Å². The van der Waals surface area contributed by atoms with Crippen LogP contribution in [0, 0.1) is 0 Å². The average molecular weight is 295 g/mol. The van der Waals surface area contributed by atoms with Crippen molar-refractivity contribution in [3.05, 3.63) is 0 Å². The van der Waals surface area contributed by atoms with Crippen LogP contribution in [0.5, 0.6) is 0 Å². The third-order valence-electron chi connectivity index (χ3n) is 4.79. The molecule has 21 heavy (non-hydrogen) atoms. The van der Waals surface area contributed by atoms with Gasteiger partial charge in [0.1, 0.15) is 12.8 Å². The number of rotatable bonds is 3. The first-order valence-electron chi connectivity index (χ1n) is 7.49. The molecule has 5 saturated heterocycles. The van der Waals surface area contributed by atoms with Gasteiger partial charge in [-0.2, -0.15) is 0 Å². The first kappa shape index (κ1) is 13.4. The summed E-state index contributed by atoms with van der Waals surface area (Å²) in [6.45, 7) is 5.46. The number of carbonyl (C=O) groups is 2. The predicted octanol–water partition coefficient (Wildman–Crippen LogP) is -2.40. The first-order chi connectivity index (χ1) is 10.0. The molecule has 0 aliphatic carbocycles. The van der Waals surface area contributed by atoms with Crippen molar-refractivity contribution >= 4 is 11.8 Å². The maximum atomic E-state index is 12.3. The molecule has 4 bridgehead atoms. The Labute approximate surface area is 123 Å². The van der Waals surface area contributed by atoms with Crippen LogP contribution in [0.1, 0.15) is 12.8 Å². The molecule has 0 aromatic heterocycles. The van der Waals surface area contributed by atoms with Crippen LogP contribution in [0.3, 0.4) is 0 Å². The summed E-state index contributed by atoms with van der Waals surface area (Å²) in [5.74, 6) is -0.311. The topological polar surface area (TPSA) is 79.4 Å². The van der Waals surface area contributed by atoms with Gasteiger partial charge in [-0.15, -0.1) is 0 Å². The van der Waals surface area contributed by atoms with Gasteiger partial charge < -0.3 is 15.3 Å². The Morgan fingerprint density at radius 3 is 2.24 bits per heavy atom. The molecule has 2 amide bonds. The lowest BCUT2D eigenvalue weighted by Gasteiger charge is -2.60. The van der Waals surface area contributed by atoms with Gasteiger partial charge in [-0.25, -0.2) is 0 Å². The first-order valence-corrected chi connectivity index (χ1v) is 7.49. The maximum absolute atomic E-state index is 12.3. The number of hydrogen-bond donors (Lipinski definition) is 2. The molecular weight excluding hydrogens is 274 g/mol.